The first-order chi connectivity index (χ1) is 4.62. The fourth-order valence-corrected chi connectivity index (χ4v) is 0.890. The SMILES string of the molecule is O=[N+]([O-])CCC1(O)CNC1. The number of nitrogens with one attached hydrogen (secondary N) is 1. The van der Waals surface area contributed by atoms with Crippen molar-refractivity contribution in [2.75, 3.05) is 19.6 Å². The minimum absolute atomic E-state index is 0.141. The highest BCUT2D eigenvalue weighted by Crippen LogP contribution is 2.14. The molecular weight excluding hydrogens is 136 g/mol. The molecule has 1 saturated heterocycles. The molecule has 58 valence electrons. The summed E-state index contributed by atoms with van der Waals surface area (Å²) in [5.41, 5.74) is -0.799. The van der Waals surface area contributed by atoms with Gasteiger partial charge in [-0.25, -0.2) is 0 Å². The number of hydrogen-bond donors (Lipinski definition) is 2. The van der Waals surface area contributed by atoms with Gasteiger partial charge in [-0.3, -0.25) is 10.1 Å². The van der Waals surface area contributed by atoms with Crippen LogP contribution in [0.3, 0.4) is 0 Å². The summed E-state index contributed by atoms with van der Waals surface area (Å²) < 4.78 is 0. The molecule has 0 aromatic heterocycles. The van der Waals surface area contributed by atoms with Crippen LogP contribution in [0.5, 0.6) is 0 Å². The molecule has 0 aliphatic carbocycles. The van der Waals surface area contributed by atoms with Crippen LogP contribution >= 0.6 is 0 Å². The van der Waals surface area contributed by atoms with Crippen LogP contribution in [0.25, 0.3) is 0 Å². The lowest BCUT2D eigenvalue weighted by molar-refractivity contribution is -0.484. The van der Waals surface area contributed by atoms with Gasteiger partial charge in [0.2, 0.25) is 6.54 Å². The summed E-state index contributed by atoms with van der Waals surface area (Å²) in [6.45, 7) is 0.833. The summed E-state index contributed by atoms with van der Waals surface area (Å²) in [5, 5.41) is 22.0. The molecule has 0 aromatic carbocycles. The number of aliphatic hydroxyl groups is 1. The van der Waals surface area contributed by atoms with Gasteiger partial charge in [0.1, 0.15) is 0 Å². The zero-order valence-corrected chi connectivity index (χ0v) is 5.54. The third kappa shape index (κ3) is 1.65. The van der Waals surface area contributed by atoms with E-state index in [4.69, 9.17) is 0 Å². The molecular formula is C5H10N2O3. The molecule has 0 saturated carbocycles. The van der Waals surface area contributed by atoms with Crippen molar-refractivity contribution in [2.45, 2.75) is 12.0 Å². The maximum Gasteiger partial charge on any atom is 0.206 e. The lowest BCUT2D eigenvalue weighted by atomic mass is 9.93. The monoisotopic (exact) mass is 146 g/mol. The van der Waals surface area contributed by atoms with E-state index in [0.29, 0.717) is 13.1 Å². The Hall–Kier alpha value is -0.680. The average Bonchev–Trinajstić information content (AvgIpc) is 1.79. The molecule has 0 bridgehead atoms. The number of nitro groups is 1. The first kappa shape index (κ1) is 7.43. The third-order valence-corrected chi connectivity index (χ3v) is 1.67. The molecule has 1 aliphatic rings. The maximum atomic E-state index is 9.86. The summed E-state index contributed by atoms with van der Waals surface area (Å²) in [5.74, 6) is 0. The standard InChI is InChI=1S/C5H10N2O3/c8-5(3-6-4-5)1-2-7(9)10/h6,8H,1-4H2. The molecule has 1 rings (SSSR count). The smallest absolute Gasteiger partial charge is 0.206 e. The Bertz CT molecular complexity index is 144. The van der Waals surface area contributed by atoms with Crippen molar-refractivity contribution < 1.29 is 10.0 Å². The number of β-amino-alcohol motifs (C(OH)–C–C–N with tert-alkyl or cyclic N) is 1. The first-order valence-corrected chi connectivity index (χ1v) is 3.17. The van der Waals surface area contributed by atoms with E-state index >= 15 is 0 Å². The Balaban J connectivity index is 2.18. The highest BCUT2D eigenvalue weighted by Gasteiger charge is 2.35. The van der Waals surface area contributed by atoms with Crippen LogP contribution in [-0.4, -0.2) is 35.3 Å². The van der Waals surface area contributed by atoms with Crippen molar-refractivity contribution in [3.05, 3.63) is 10.1 Å². The van der Waals surface area contributed by atoms with Crippen LogP contribution in [0, 0.1) is 10.1 Å². The first-order valence-electron chi connectivity index (χ1n) is 3.17. The van der Waals surface area contributed by atoms with Crippen LogP contribution in [0.4, 0.5) is 0 Å². The number of nitrogens with zero attached hydrogens (tertiary/aromatic N) is 1. The molecule has 10 heavy (non-hydrogen) atoms. The fraction of sp³-hybridized carbons (Fsp3) is 1.00. The van der Waals surface area contributed by atoms with Gasteiger partial charge in [0, 0.05) is 24.4 Å². The number of rotatable bonds is 3. The molecule has 5 heteroatoms. The molecule has 0 spiro atoms. The van der Waals surface area contributed by atoms with E-state index < -0.39 is 10.5 Å². The predicted octanol–water partition coefficient (Wildman–Crippen LogP) is -1.01. The second kappa shape index (κ2) is 2.51. The Morgan fingerprint density at radius 3 is 2.60 bits per heavy atom. The molecule has 0 radical (unpaired) electrons. The summed E-state index contributed by atoms with van der Waals surface area (Å²) in [4.78, 5) is 9.45. The van der Waals surface area contributed by atoms with Gasteiger partial charge in [-0.05, 0) is 0 Å². The van der Waals surface area contributed by atoms with Crippen molar-refractivity contribution in [3.63, 3.8) is 0 Å². The van der Waals surface area contributed by atoms with Gasteiger partial charge in [-0.1, -0.05) is 0 Å². The van der Waals surface area contributed by atoms with E-state index in [9.17, 15) is 15.2 Å². The Morgan fingerprint density at radius 1 is 1.70 bits per heavy atom. The van der Waals surface area contributed by atoms with Gasteiger partial charge >= 0.3 is 0 Å². The molecule has 1 fully saturated rings. The molecule has 2 N–H and O–H groups in total. The largest absolute Gasteiger partial charge is 0.387 e. The lowest BCUT2D eigenvalue weighted by Gasteiger charge is -2.36. The molecule has 0 unspecified atom stereocenters. The molecule has 1 heterocycles. The van der Waals surface area contributed by atoms with Gasteiger partial charge in [-0.2, -0.15) is 0 Å². The van der Waals surface area contributed by atoms with Crippen molar-refractivity contribution in [2.24, 2.45) is 0 Å². The Labute approximate surface area is 58.2 Å². The molecule has 0 atom stereocenters. The molecule has 5 nitrogen and oxygen atoms in total. The second-order valence-corrected chi connectivity index (χ2v) is 2.63. The predicted molar refractivity (Wildman–Crippen MR) is 34.3 cm³/mol. The van der Waals surface area contributed by atoms with E-state index in [-0.39, 0.29) is 13.0 Å². The van der Waals surface area contributed by atoms with Crippen molar-refractivity contribution in [1.82, 2.24) is 5.32 Å². The minimum atomic E-state index is -0.799. The summed E-state index contributed by atoms with van der Waals surface area (Å²) >= 11 is 0. The van der Waals surface area contributed by atoms with Gasteiger partial charge < -0.3 is 10.4 Å². The number of hydrogen-bond acceptors (Lipinski definition) is 4. The average molecular weight is 146 g/mol. The fourth-order valence-electron chi connectivity index (χ4n) is 0.890. The zero-order chi connectivity index (χ0) is 7.61. The third-order valence-electron chi connectivity index (χ3n) is 1.67. The van der Waals surface area contributed by atoms with Crippen LogP contribution in [0.2, 0.25) is 0 Å². The van der Waals surface area contributed by atoms with E-state index in [2.05, 4.69) is 5.32 Å². The van der Waals surface area contributed by atoms with Gasteiger partial charge in [0.15, 0.2) is 0 Å². The topological polar surface area (TPSA) is 75.4 Å². The minimum Gasteiger partial charge on any atom is -0.387 e. The lowest BCUT2D eigenvalue weighted by Crippen LogP contribution is -2.60. The summed E-state index contributed by atoms with van der Waals surface area (Å²) in [7, 11) is 0. The highest BCUT2D eigenvalue weighted by molar-refractivity contribution is 4.91. The van der Waals surface area contributed by atoms with E-state index in [0.717, 1.165) is 0 Å². The van der Waals surface area contributed by atoms with Crippen LogP contribution in [0.15, 0.2) is 0 Å². The van der Waals surface area contributed by atoms with Gasteiger partial charge in [0.05, 0.1) is 5.60 Å². The van der Waals surface area contributed by atoms with Crippen LogP contribution in [-0.2, 0) is 0 Å². The highest BCUT2D eigenvalue weighted by atomic mass is 16.6. The van der Waals surface area contributed by atoms with Crippen LogP contribution in [0.1, 0.15) is 6.42 Å². The quantitative estimate of drug-likeness (QED) is 0.395. The normalized spacial score (nSPS) is 21.7. The van der Waals surface area contributed by atoms with Crippen molar-refractivity contribution >= 4 is 0 Å². The van der Waals surface area contributed by atoms with E-state index in [1.807, 2.05) is 0 Å². The summed E-state index contributed by atoms with van der Waals surface area (Å²) in [6.07, 6.45) is 0.257. The van der Waals surface area contributed by atoms with Gasteiger partial charge in [0.25, 0.3) is 0 Å². The van der Waals surface area contributed by atoms with Crippen molar-refractivity contribution in [3.8, 4) is 0 Å². The van der Waals surface area contributed by atoms with E-state index in [1.165, 1.54) is 0 Å². The Morgan fingerprint density at radius 2 is 2.30 bits per heavy atom. The zero-order valence-electron chi connectivity index (χ0n) is 5.54. The molecule has 0 aromatic rings. The molecule has 0 amide bonds. The maximum absolute atomic E-state index is 9.86. The van der Waals surface area contributed by atoms with Crippen molar-refractivity contribution in [1.29, 1.82) is 0 Å². The van der Waals surface area contributed by atoms with E-state index in [1.54, 1.807) is 0 Å². The Kier molecular flexibility index (Phi) is 1.87. The summed E-state index contributed by atoms with van der Waals surface area (Å²) in [6, 6.07) is 0. The second-order valence-electron chi connectivity index (χ2n) is 2.63. The van der Waals surface area contributed by atoms with Crippen LogP contribution < -0.4 is 5.32 Å². The van der Waals surface area contributed by atoms with Gasteiger partial charge in [-0.15, -0.1) is 0 Å². The molecule has 1 aliphatic heterocycles.